The number of hydrogen-bond donors (Lipinski definition) is 1. The molecule has 0 fully saturated rings. The van der Waals surface area contributed by atoms with Crippen molar-refractivity contribution in [1.82, 2.24) is 10.2 Å². The summed E-state index contributed by atoms with van der Waals surface area (Å²) in [5.74, 6) is 0.508. The van der Waals surface area contributed by atoms with Gasteiger partial charge in [0, 0.05) is 10.7 Å². The number of thiophene rings is 1. The average molecular weight is 352 g/mol. The summed E-state index contributed by atoms with van der Waals surface area (Å²) < 4.78 is 5.50. The summed E-state index contributed by atoms with van der Waals surface area (Å²) >= 11 is 8.51. The summed E-state index contributed by atoms with van der Waals surface area (Å²) in [4.78, 5) is 12.8. The van der Waals surface area contributed by atoms with Crippen LogP contribution in [0.2, 0.25) is 5.02 Å². The molecule has 0 aliphatic heterocycles. The van der Waals surface area contributed by atoms with E-state index >= 15 is 0 Å². The first-order valence-electron chi connectivity index (χ1n) is 6.26. The summed E-state index contributed by atoms with van der Waals surface area (Å²) in [6, 6.07) is 10.7. The lowest BCUT2D eigenvalue weighted by atomic mass is 10.3. The Kier molecular flexibility index (Phi) is 4.77. The van der Waals surface area contributed by atoms with Crippen molar-refractivity contribution in [1.29, 1.82) is 0 Å². The molecule has 0 bridgehead atoms. The third-order valence-electron chi connectivity index (χ3n) is 2.59. The number of anilines is 1. The van der Waals surface area contributed by atoms with Crippen LogP contribution in [0.15, 0.2) is 51.4 Å². The summed E-state index contributed by atoms with van der Waals surface area (Å²) in [6.07, 6.45) is 0. The van der Waals surface area contributed by atoms with Crippen LogP contribution in [-0.4, -0.2) is 21.9 Å². The zero-order valence-electron chi connectivity index (χ0n) is 11.2. The molecule has 8 heteroatoms. The second kappa shape index (κ2) is 6.95. The molecule has 5 nitrogen and oxygen atoms in total. The zero-order valence-corrected chi connectivity index (χ0v) is 13.5. The van der Waals surface area contributed by atoms with Gasteiger partial charge in [-0.3, -0.25) is 4.79 Å². The first-order valence-corrected chi connectivity index (χ1v) is 8.50. The van der Waals surface area contributed by atoms with Gasteiger partial charge in [-0.15, -0.1) is 21.5 Å². The highest BCUT2D eigenvalue weighted by Crippen LogP contribution is 2.26. The van der Waals surface area contributed by atoms with E-state index in [1.54, 1.807) is 24.3 Å². The fourth-order valence-electron chi connectivity index (χ4n) is 1.63. The molecule has 1 aromatic carbocycles. The molecule has 0 aliphatic carbocycles. The fourth-order valence-corrected chi connectivity index (χ4v) is 2.96. The monoisotopic (exact) mass is 351 g/mol. The van der Waals surface area contributed by atoms with E-state index in [0.717, 1.165) is 4.88 Å². The molecule has 0 spiro atoms. The van der Waals surface area contributed by atoms with Crippen LogP contribution in [0.1, 0.15) is 0 Å². The SMILES string of the molecule is O=C(CSc1nnc(-c2cccs2)o1)Nc1ccc(Cl)cc1. The minimum Gasteiger partial charge on any atom is -0.410 e. The van der Waals surface area contributed by atoms with Crippen molar-refractivity contribution in [3.05, 3.63) is 46.8 Å². The van der Waals surface area contributed by atoms with Crippen molar-refractivity contribution in [2.24, 2.45) is 0 Å². The molecule has 0 atom stereocenters. The molecule has 0 saturated carbocycles. The van der Waals surface area contributed by atoms with Gasteiger partial charge in [0.1, 0.15) is 0 Å². The number of amides is 1. The zero-order chi connectivity index (χ0) is 15.4. The van der Waals surface area contributed by atoms with Crippen molar-refractivity contribution in [2.75, 3.05) is 11.1 Å². The first-order chi connectivity index (χ1) is 10.7. The number of aromatic nitrogens is 2. The van der Waals surface area contributed by atoms with E-state index in [1.807, 2.05) is 17.5 Å². The quantitative estimate of drug-likeness (QED) is 0.698. The van der Waals surface area contributed by atoms with Crippen LogP contribution in [0.3, 0.4) is 0 Å². The molecule has 112 valence electrons. The van der Waals surface area contributed by atoms with Gasteiger partial charge < -0.3 is 9.73 Å². The second-order valence-corrected chi connectivity index (χ2v) is 6.50. The van der Waals surface area contributed by atoms with E-state index in [1.165, 1.54) is 23.1 Å². The molecule has 1 N–H and O–H groups in total. The Morgan fingerprint density at radius 3 is 2.82 bits per heavy atom. The molecule has 0 radical (unpaired) electrons. The fraction of sp³-hybridized carbons (Fsp3) is 0.0714. The third-order valence-corrected chi connectivity index (χ3v) is 4.52. The van der Waals surface area contributed by atoms with E-state index in [4.69, 9.17) is 16.0 Å². The van der Waals surface area contributed by atoms with E-state index < -0.39 is 0 Å². The number of carbonyl (C=O) groups is 1. The molecule has 22 heavy (non-hydrogen) atoms. The normalized spacial score (nSPS) is 10.6. The van der Waals surface area contributed by atoms with Gasteiger partial charge >= 0.3 is 0 Å². The largest absolute Gasteiger partial charge is 0.410 e. The van der Waals surface area contributed by atoms with Crippen LogP contribution < -0.4 is 5.32 Å². The minimum absolute atomic E-state index is 0.150. The number of nitrogens with zero attached hydrogens (tertiary/aromatic N) is 2. The molecule has 3 aromatic rings. The van der Waals surface area contributed by atoms with Gasteiger partial charge in [0.15, 0.2) is 0 Å². The van der Waals surface area contributed by atoms with E-state index in [-0.39, 0.29) is 11.7 Å². The van der Waals surface area contributed by atoms with Crippen molar-refractivity contribution in [2.45, 2.75) is 5.22 Å². The predicted octanol–water partition coefficient (Wildman–Crippen LogP) is 4.18. The van der Waals surface area contributed by atoms with Crippen molar-refractivity contribution >= 4 is 46.3 Å². The van der Waals surface area contributed by atoms with Crippen LogP contribution in [0.4, 0.5) is 5.69 Å². The molecule has 1 amide bonds. The molecule has 3 rings (SSSR count). The Morgan fingerprint density at radius 1 is 1.27 bits per heavy atom. The molecule has 0 unspecified atom stereocenters. The lowest BCUT2D eigenvalue weighted by Crippen LogP contribution is -2.13. The highest BCUT2D eigenvalue weighted by molar-refractivity contribution is 7.99. The lowest BCUT2D eigenvalue weighted by molar-refractivity contribution is -0.113. The number of thioether (sulfide) groups is 1. The smallest absolute Gasteiger partial charge is 0.277 e. The maximum Gasteiger partial charge on any atom is 0.277 e. The Labute approximate surface area is 139 Å². The van der Waals surface area contributed by atoms with Crippen molar-refractivity contribution < 1.29 is 9.21 Å². The van der Waals surface area contributed by atoms with Gasteiger partial charge in [0.2, 0.25) is 5.91 Å². The Balaban J connectivity index is 1.54. The number of rotatable bonds is 5. The summed E-state index contributed by atoms with van der Waals surface area (Å²) in [5, 5.41) is 13.6. The Bertz CT molecular complexity index is 757. The van der Waals surface area contributed by atoms with E-state index in [2.05, 4.69) is 15.5 Å². The number of carbonyl (C=O) groups excluding carboxylic acids is 1. The molecular weight excluding hydrogens is 342 g/mol. The van der Waals surface area contributed by atoms with Gasteiger partial charge in [-0.05, 0) is 35.7 Å². The topological polar surface area (TPSA) is 68.0 Å². The Morgan fingerprint density at radius 2 is 2.09 bits per heavy atom. The second-order valence-electron chi connectivity index (χ2n) is 4.19. The van der Waals surface area contributed by atoms with Crippen LogP contribution >= 0.6 is 34.7 Å². The molecule has 2 heterocycles. The number of halogens is 1. The number of hydrogen-bond acceptors (Lipinski definition) is 6. The van der Waals surface area contributed by atoms with E-state index in [9.17, 15) is 4.79 Å². The first kappa shape index (κ1) is 15.1. The standard InChI is InChI=1S/C14H10ClN3O2S2/c15-9-3-5-10(6-4-9)16-12(19)8-22-14-18-17-13(20-14)11-2-1-7-21-11/h1-7H,8H2,(H,16,19). The lowest BCUT2D eigenvalue weighted by Gasteiger charge is -2.03. The summed E-state index contributed by atoms with van der Waals surface area (Å²) in [7, 11) is 0. The highest BCUT2D eigenvalue weighted by atomic mass is 35.5. The summed E-state index contributed by atoms with van der Waals surface area (Å²) in [5.41, 5.74) is 0.694. The van der Waals surface area contributed by atoms with E-state index in [0.29, 0.717) is 21.8 Å². The molecule has 2 aromatic heterocycles. The maximum atomic E-state index is 11.9. The highest BCUT2D eigenvalue weighted by Gasteiger charge is 2.11. The van der Waals surface area contributed by atoms with Crippen molar-refractivity contribution in [3.8, 4) is 10.8 Å². The van der Waals surface area contributed by atoms with Gasteiger partial charge in [0.05, 0.1) is 10.6 Å². The summed E-state index contributed by atoms with van der Waals surface area (Å²) in [6.45, 7) is 0. The van der Waals surface area contributed by atoms with Crippen LogP contribution in [0.5, 0.6) is 0 Å². The van der Waals surface area contributed by atoms with Gasteiger partial charge in [0.25, 0.3) is 11.1 Å². The molecule has 0 aliphatic rings. The predicted molar refractivity (Wildman–Crippen MR) is 88.4 cm³/mol. The maximum absolute atomic E-state index is 11.9. The van der Waals surface area contributed by atoms with Gasteiger partial charge in [-0.2, -0.15) is 0 Å². The van der Waals surface area contributed by atoms with Gasteiger partial charge in [-0.1, -0.05) is 29.4 Å². The Hall–Kier alpha value is -1.83. The van der Waals surface area contributed by atoms with Crippen LogP contribution in [-0.2, 0) is 4.79 Å². The number of nitrogens with one attached hydrogen (secondary N) is 1. The third kappa shape index (κ3) is 3.88. The van der Waals surface area contributed by atoms with Crippen molar-refractivity contribution in [3.63, 3.8) is 0 Å². The average Bonchev–Trinajstić information content (AvgIpc) is 3.18. The van der Waals surface area contributed by atoms with Crippen LogP contribution in [0, 0.1) is 0 Å². The molecular formula is C14H10ClN3O2S2. The van der Waals surface area contributed by atoms with Crippen LogP contribution in [0.25, 0.3) is 10.8 Å². The number of benzene rings is 1. The van der Waals surface area contributed by atoms with Gasteiger partial charge in [-0.25, -0.2) is 0 Å². The molecule has 0 saturated heterocycles. The minimum atomic E-state index is -0.150.